The number of nitrogens with zero attached hydrogens (tertiary/aromatic N) is 2. The van der Waals surface area contributed by atoms with Gasteiger partial charge in [0, 0.05) is 43.0 Å². The van der Waals surface area contributed by atoms with Crippen LogP contribution in [0.3, 0.4) is 0 Å². The van der Waals surface area contributed by atoms with Crippen molar-refractivity contribution in [3.05, 3.63) is 42.1 Å². The minimum Gasteiger partial charge on any atom is -0.371 e. The average molecular weight is 413 g/mol. The highest BCUT2D eigenvalue weighted by Gasteiger charge is 2.34. The number of rotatable bonds is 12. The number of para-hydroxylation sites is 1. The van der Waals surface area contributed by atoms with Gasteiger partial charge in [-0.1, -0.05) is 97.9 Å². The molecule has 1 aromatic rings. The van der Waals surface area contributed by atoms with Crippen LogP contribution in [0.4, 0.5) is 5.69 Å². The molecule has 0 aromatic heterocycles. The highest BCUT2D eigenvalue weighted by atomic mass is 15.3. The molecule has 1 aliphatic rings. The van der Waals surface area contributed by atoms with Gasteiger partial charge < -0.3 is 9.80 Å². The van der Waals surface area contributed by atoms with E-state index in [1.54, 1.807) is 5.70 Å². The first-order chi connectivity index (χ1) is 14.3. The third kappa shape index (κ3) is 7.06. The molecule has 1 fully saturated rings. The number of anilines is 1. The predicted molar refractivity (Wildman–Crippen MR) is 134 cm³/mol. The van der Waals surface area contributed by atoms with E-state index in [-0.39, 0.29) is 5.41 Å². The summed E-state index contributed by atoms with van der Waals surface area (Å²) in [5, 5.41) is 0. The van der Waals surface area contributed by atoms with Gasteiger partial charge >= 0.3 is 0 Å². The molecule has 1 aliphatic heterocycles. The lowest BCUT2D eigenvalue weighted by Gasteiger charge is -2.46. The molecule has 1 atom stereocenters. The summed E-state index contributed by atoms with van der Waals surface area (Å²) >= 11 is 0. The summed E-state index contributed by atoms with van der Waals surface area (Å²) in [6, 6.07) is 10.9. The molecule has 0 bridgehead atoms. The van der Waals surface area contributed by atoms with Gasteiger partial charge in [0.2, 0.25) is 0 Å². The topological polar surface area (TPSA) is 6.48 Å². The second-order valence-corrected chi connectivity index (χ2v) is 10.3. The van der Waals surface area contributed by atoms with Gasteiger partial charge in [-0.25, -0.2) is 0 Å². The van der Waals surface area contributed by atoms with Gasteiger partial charge in [0.05, 0.1) is 0 Å². The summed E-state index contributed by atoms with van der Waals surface area (Å²) in [6.45, 7) is 18.9. The predicted octanol–water partition coefficient (Wildman–Crippen LogP) is 7.91. The van der Waals surface area contributed by atoms with Gasteiger partial charge in [-0.15, -0.1) is 0 Å². The van der Waals surface area contributed by atoms with Crippen molar-refractivity contribution in [2.24, 2.45) is 10.8 Å². The van der Waals surface area contributed by atoms with E-state index in [0.717, 1.165) is 26.2 Å². The maximum atomic E-state index is 2.74. The van der Waals surface area contributed by atoms with Crippen molar-refractivity contribution in [3.63, 3.8) is 0 Å². The minimum absolute atomic E-state index is 0.254. The van der Waals surface area contributed by atoms with Gasteiger partial charge in [-0.3, -0.25) is 0 Å². The summed E-state index contributed by atoms with van der Waals surface area (Å²) in [5.74, 6) is 0. The quantitative estimate of drug-likeness (QED) is 0.322. The normalized spacial score (nSPS) is 17.9. The Hall–Kier alpha value is -1.44. The molecule has 1 heterocycles. The van der Waals surface area contributed by atoms with Crippen molar-refractivity contribution in [2.75, 3.05) is 31.1 Å². The number of hydrogen-bond donors (Lipinski definition) is 0. The summed E-state index contributed by atoms with van der Waals surface area (Å²) in [5.41, 5.74) is 3.56. The fourth-order valence-electron chi connectivity index (χ4n) is 4.84. The fraction of sp³-hybridized carbons (Fsp3) is 0.714. The van der Waals surface area contributed by atoms with Crippen molar-refractivity contribution in [1.29, 1.82) is 0 Å². The van der Waals surface area contributed by atoms with Crippen LogP contribution in [0.5, 0.6) is 0 Å². The summed E-state index contributed by atoms with van der Waals surface area (Å²) in [6.07, 6.45) is 13.2. The van der Waals surface area contributed by atoms with Gasteiger partial charge in [-0.05, 0) is 36.8 Å². The molecule has 0 saturated carbocycles. The number of hydrogen-bond acceptors (Lipinski definition) is 2. The number of benzene rings is 1. The van der Waals surface area contributed by atoms with E-state index in [9.17, 15) is 0 Å². The van der Waals surface area contributed by atoms with Crippen molar-refractivity contribution < 1.29 is 0 Å². The van der Waals surface area contributed by atoms with E-state index in [0.29, 0.717) is 5.41 Å². The Kier molecular flexibility index (Phi) is 9.78. The van der Waals surface area contributed by atoms with E-state index in [2.05, 4.69) is 87.8 Å². The first-order valence-corrected chi connectivity index (χ1v) is 12.6. The lowest BCUT2D eigenvalue weighted by Crippen LogP contribution is -2.48. The number of piperazine rings is 1. The van der Waals surface area contributed by atoms with E-state index in [1.807, 2.05) is 0 Å². The molecule has 2 rings (SSSR count). The molecule has 2 nitrogen and oxygen atoms in total. The highest BCUT2D eigenvalue weighted by molar-refractivity contribution is 5.46. The lowest BCUT2D eigenvalue weighted by molar-refractivity contribution is 0.195. The zero-order valence-electron chi connectivity index (χ0n) is 20.8. The minimum atomic E-state index is 0.254. The Morgan fingerprint density at radius 2 is 1.50 bits per heavy atom. The van der Waals surface area contributed by atoms with Gasteiger partial charge in [0.25, 0.3) is 0 Å². The molecular formula is C28H48N2. The van der Waals surface area contributed by atoms with Crippen LogP contribution in [0.2, 0.25) is 0 Å². The second-order valence-electron chi connectivity index (χ2n) is 10.3. The molecule has 0 aliphatic carbocycles. The van der Waals surface area contributed by atoms with Crippen molar-refractivity contribution in [3.8, 4) is 0 Å². The maximum absolute atomic E-state index is 2.74. The monoisotopic (exact) mass is 412 g/mol. The molecule has 0 spiro atoms. The molecule has 0 radical (unpaired) electrons. The van der Waals surface area contributed by atoms with Crippen LogP contribution in [0.1, 0.15) is 92.9 Å². The molecule has 30 heavy (non-hydrogen) atoms. The highest BCUT2D eigenvalue weighted by Crippen LogP contribution is 2.42. The maximum Gasteiger partial charge on any atom is 0.0367 e. The smallest absolute Gasteiger partial charge is 0.0367 e. The van der Waals surface area contributed by atoms with Crippen molar-refractivity contribution in [1.82, 2.24) is 4.90 Å². The third-order valence-electron chi connectivity index (χ3n) is 7.18. The lowest BCUT2D eigenvalue weighted by atomic mass is 9.74. The van der Waals surface area contributed by atoms with Gasteiger partial charge in [-0.2, -0.15) is 0 Å². The van der Waals surface area contributed by atoms with Crippen LogP contribution in [0.25, 0.3) is 0 Å². The van der Waals surface area contributed by atoms with Crippen molar-refractivity contribution in [2.45, 2.75) is 92.9 Å². The Morgan fingerprint density at radius 1 is 0.833 bits per heavy atom. The fourth-order valence-corrected chi connectivity index (χ4v) is 4.84. The zero-order chi connectivity index (χ0) is 22.0. The molecule has 0 N–H and O–H groups in total. The molecule has 2 heteroatoms. The van der Waals surface area contributed by atoms with Crippen molar-refractivity contribution >= 4 is 5.69 Å². The Morgan fingerprint density at radius 3 is 2.07 bits per heavy atom. The molecular weight excluding hydrogens is 364 g/mol. The van der Waals surface area contributed by atoms with Gasteiger partial charge in [0.15, 0.2) is 0 Å². The van der Waals surface area contributed by atoms with Gasteiger partial charge in [0.1, 0.15) is 0 Å². The van der Waals surface area contributed by atoms with Crippen LogP contribution >= 0.6 is 0 Å². The molecule has 0 amide bonds. The van der Waals surface area contributed by atoms with E-state index < -0.39 is 0 Å². The molecule has 170 valence electrons. The number of unbranched alkanes of at least 4 members (excludes halogenated alkanes) is 3. The first-order valence-electron chi connectivity index (χ1n) is 12.6. The summed E-state index contributed by atoms with van der Waals surface area (Å²) in [4.78, 5) is 5.30. The third-order valence-corrected chi connectivity index (χ3v) is 7.18. The standard InChI is InChI=1S/C28H48N2/c1-7-10-11-15-19-28(6,18-8-2)26(24-27(4,5)9-3)30-22-20-29(21-23-30)25-16-13-12-14-17-25/h12-14,16-17,24H,7-11,15,18-23H2,1-6H3/b26-24+. The number of allylic oxidation sites excluding steroid dienone is 2. The molecule has 1 saturated heterocycles. The Labute approximate surface area is 187 Å². The Balaban J connectivity index is 2.21. The Bertz CT molecular complexity index is 625. The summed E-state index contributed by atoms with van der Waals surface area (Å²) < 4.78 is 0. The zero-order valence-corrected chi connectivity index (χ0v) is 20.8. The molecule has 1 unspecified atom stereocenters. The second kappa shape index (κ2) is 11.8. The van der Waals surface area contributed by atoms with Crippen LogP contribution in [-0.4, -0.2) is 31.1 Å². The van der Waals surface area contributed by atoms with E-state index in [1.165, 1.54) is 57.1 Å². The van der Waals surface area contributed by atoms with Crippen LogP contribution in [-0.2, 0) is 0 Å². The summed E-state index contributed by atoms with van der Waals surface area (Å²) in [7, 11) is 0. The van der Waals surface area contributed by atoms with Crippen LogP contribution in [0, 0.1) is 10.8 Å². The largest absolute Gasteiger partial charge is 0.371 e. The first kappa shape index (κ1) is 24.8. The van der Waals surface area contributed by atoms with Crippen LogP contribution < -0.4 is 4.90 Å². The van der Waals surface area contributed by atoms with Crippen LogP contribution in [0.15, 0.2) is 42.1 Å². The van der Waals surface area contributed by atoms with E-state index >= 15 is 0 Å². The van der Waals surface area contributed by atoms with E-state index in [4.69, 9.17) is 0 Å². The average Bonchev–Trinajstić information content (AvgIpc) is 2.76. The molecule has 1 aromatic carbocycles. The SMILES string of the molecule is CCCCCCC(C)(CCC)/C(=C\C(C)(C)CC)N1CCN(c2ccccc2)CC1.